The lowest BCUT2D eigenvalue weighted by Gasteiger charge is -2.16. The minimum Gasteiger partial charge on any atom is -0.317 e. The number of amides is 1. The third kappa shape index (κ3) is 3.06. The van der Waals surface area contributed by atoms with Gasteiger partial charge in [-0.3, -0.25) is 9.69 Å². The molecule has 0 spiro atoms. The lowest BCUT2D eigenvalue weighted by atomic mass is 10.1. The fourth-order valence-corrected chi connectivity index (χ4v) is 2.59. The van der Waals surface area contributed by atoms with Crippen molar-refractivity contribution in [3.05, 3.63) is 60.2 Å². The molecule has 5 nitrogen and oxygen atoms in total. The van der Waals surface area contributed by atoms with Crippen LogP contribution in [0.25, 0.3) is 0 Å². The number of anilines is 2. The van der Waals surface area contributed by atoms with Crippen LogP contribution in [0.5, 0.6) is 0 Å². The molecule has 0 radical (unpaired) electrons. The normalized spacial score (nSPS) is 15.0. The minimum absolute atomic E-state index is 0.145. The molecule has 1 aliphatic rings. The summed E-state index contributed by atoms with van der Waals surface area (Å²) in [7, 11) is 0. The van der Waals surface area contributed by atoms with Crippen LogP contribution in [0.15, 0.2) is 59.8 Å². The van der Waals surface area contributed by atoms with E-state index >= 15 is 0 Å². The molecule has 1 aliphatic heterocycles. The highest BCUT2D eigenvalue weighted by molar-refractivity contribution is 6.55. The number of benzene rings is 2. The Kier molecular flexibility index (Phi) is 4.42. The quantitative estimate of drug-likeness (QED) is 0.637. The molecule has 1 amide bonds. The highest BCUT2D eigenvalue weighted by atomic mass is 16.7. The predicted octanol–water partition coefficient (Wildman–Crippen LogP) is 3.66. The van der Waals surface area contributed by atoms with Gasteiger partial charge in [-0.15, -0.1) is 0 Å². The fraction of sp³-hybridized carbons (Fsp3) is 0.211. The number of para-hydroxylation sites is 2. The minimum atomic E-state index is -0.444. The van der Waals surface area contributed by atoms with Gasteiger partial charge >= 0.3 is 5.97 Å². The van der Waals surface area contributed by atoms with E-state index in [0.717, 1.165) is 11.4 Å². The van der Waals surface area contributed by atoms with Crippen molar-refractivity contribution in [1.82, 2.24) is 0 Å². The maximum atomic E-state index is 12.8. The number of hydrogen-bond acceptors (Lipinski definition) is 4. The van der Waals surface area contributed by atoms with Crippen LogP contribution in [0.3, 0.4) is 0 Å². The standard InChI is InChI=1S/C19H18N2O3/c1-13(2)12-17(22)24-20-18-15-10-6-7-11-16(15)21(19(18)23)14-8-4-3-5-9-14/h3-11,13H,12H2,1-2H3. The molecule has 0 unspecified atom stereocenters. The number of carbonyl (C=O) groups excluding carboxylic acids is 2. The molecule has 0 aliphatic carbocycles. The topological polar surface area (TPSA) is 59.0 Å². The van der Waals surface area contributed by atoms with Crippen molar-refractivity contribution in [2.75, 3.05) is 4.90 Å². The van der Waals surface area contributed by atoms with Crippen LogP contribution in [0.1, 0.15) is 25.8 Å². The third-order valence-corrected chi connectivity index (χ3v) is 3.63. The van der Waals surface area contributed by atoms with Crippen molar-refractivity contribution < 1.29 is 14.4 Å². The molecule has 2 aromatic rings. The summed E-state index contributed by atoms with van der Waals surface area (Å²) < 4.78 is 0. The van der Waals surface area contributed by atoms with E-state index in [2.05, 4.69) is 5.16 Å². The smallest absolute Gasteiger partial charge is 0.317 e. The summed E-state index contributed by atoms with van der Waals surface area (Å²) in [5.74, 6) is -0.578. The van der Waals surface area contributed by atoms with Gasteiger partial charge in [0.2, 0.25) is 0 Å². The number of fused-ring (bicyclic) bond motifs is 1. The molecule has 3 rings (SSSR count). The number of carbonyl (C=O) groups is 2. The van der Waals surface area contributed by atoms with Gasteiger partial charge in [0.15, 0.2) is 5.71 Å². The molecule has 0 aromatic heterocycles. The van der Waals surface area contributed by atoms with E-state index in [4.69, 9.17) is 4.84 Å². The largest absolute Gasteiger partial charge is 0.335 e. The van der Waals surface area contributed by atoms with E-state index in [1.807, 2.05) is 62.4 Å². The van der Waals surface area contributed by atoms with Crippen molar-refractivity contribution in [1.29, 1.82) is 0 Å². The monoisotopic (exact) mass is 322 g/mol. The number of oxime groups is 1. The van der Waals surface area contributed by atoms with Crippen LogP contribution in [0.4, 0.5) is 11.4 Å². The Balaban J connectivity index is 1.95. The SMILES string of the molecule is CC(C)CC(=O)ON=C1C(=O)N(c2ccccc2)c2ccccc21. The number of rotatable bonds is 4. The first-order valence-corrected chi connectivity index (χ1v) is 7.84. The Bertz CT molecular complexity index is 797. The average molecular weight is 322 g/mol. The van der Waals surface area contributed by atoms with E-state index in [1.54, 1.807) is 11.0 Å². The zero-order valence-electron chi connectivity index (χ0n) is 13.6. The van der Waals surface area contributed by atoms with Crippen LogP contribution in [0.2, 0.25) is 0 Å². The van der Waals surface area contributed by atoms with Gasteiger partial charge in [-0.05, 0) is 24.1 Å². The van der Waals surface area contributed by atoms with Gasteiger partial charge in [0, 0.05) is 11.3 Å². The highest BCUT2D eigenvalue weighted by Gasteiger charge is 2.35. The molecule has 5 heteroatoms. The molecule has 0 atom stereocenters. The second-order valence-electron chi connectivity index (χ2n) is 5.99. The first-order chi connectivity index (χ1) is 11.6. The van der Waals surface area contributed by atoms with Crippen molar-refractivity contribution in [3.63, 3.8) is 0 Å². The lowest BCUT2D eigenvalue weighted by molar-refractivity contribution is -0.144. The van der Waals surface area contributed by atoms with E-state index in [1.165, 1.54) is 0 Å². The van der Waals surface area contributed by atoms with E-state index in [0.29, 0.717) is 5.56 Å². The zero-order valence-corrected chi connectivity index (χ0v) is 13.6. The Labute approximate surface area is 140 Å². The Morgan fingerprint density at radius 1 is 1.08 bits per heavy atom. The van der Waals surface area contributed by atoms with Gasteiger partial charge in [-0.1, -0.05) is 55.4 Å². The molecule has 1 heterocycles. The maximum Gasteiger partial charge on any atom is 0.335 e. The van der Waals surface area contributed by atoms with Crippen molar-refractivity contribution in [2.45, 2.75) is 20.3 Å². The van der Waals surface area contributed by atoms with Gasteiger partial charge in [0.05, 0.1) is 12.1 Å². The van der Waals surface area contributed by atoms with E-state index < -0.39 is 5.97 Å². The summed E-state index contributed by atoms with van der Waals surface area (Å²) in [6, 6.07) is 16.6. The molecule has 122 valence electrons. The van der Waals surface area contributed by atoms with Gasteiger partial charge in [-0.25, -0.2) is 4.79 Å². The molecule has 0 saturated heterocycles. The van der Waals surface area contributed by atoms with Gasteiger partial charge in [-0.2, -0.15) is 0 Å². The number of nitrogens with zero attached hydrogens (tertiary/aromatic N) is 2. The lowest BCUT2D eigenvalue weighted by Crippen LogP contribution is -2.25. The predicted molar refractivity (Wildman–Crippen MR) is 92.1 cm³/mol. The summed E-state index contributed by atoms with van der Waals surface area (Å²) in [6.45, 7) is 3.84. The van der Waals surface area contributed by atoms with Crippen LogP contribution >= 0.6 is 0 Å². The first kappa shape index (κ1) is 15.9. The maximum absolute atomic E-state index is 12.8. The van der Waals surface area contributed by atoms with Crippen LogP contribution in [-0.4, -0.2) is 17.6 Å². The third-order valence-electron chi connectivity index (χ3n) is 3.63. The Morgan fingerprint density at radius 2 is 1.75 bits per heavy atom. The summed E-state index contributed by atoms with van der Waals surface area (Å²) >= 11 is 0. The van der Waals surface area contributed by atoms with Crippen molar-refractivity contribution >= 4 is 29.0 Å². The molecule has 0 fully saturated rings. The molecule has 0 saturated carbocycles. The van der Waals surface area contributed by atoms with Crippen molar-refractivity contribution in [2.24, 2.45) is 11.1 Å². The Morgan fingerprint density at radius 3 is 2.46 bits per heavy atom. The summed E-state index contributed by atoms with van der Waals surface area (Å²) in [5.41, 5.74) is 2.27. The second-order valence-corrected chi connectivity index (χ2v) is 5.99. The number of hydrogen-bond donors (Lipinski definition) is 0. The van der Waals surface area contributed by atoms with Crippen LogP contribution in [0, 0.1) is 5.92 Å². The van der Waals surface area contributed by atoms with E-state index in [-0.39, 0.29) is 24.0 Å². The first-order valence-electron chi connectivity index (χ1n) is 7.84. The van der Waals surface area contributed by atoms with Gasteiger partial charge in [0.1, 0.15) is 0 Å². The molecule has 0 N–H and O–H groups in total. The summed E-state index contributed by atoms with van der Waals surface area (Å²) in [5, 5.41) is 3.85. The zero-order chi connectivity index (χ0) is 17.1. The second kappa shape index (κ2) is 6.66. The van der Waals surface area contributed by atoms with E-state index in [9.17, 15) is 9.59 Å². The summed E-state index contributed by atoms with van der Waals surface area (Å²) in [6.07, 6.45) is 0.259. The molecule has 24 heavy (non-hydrogen) atoms. The molecular weight excluding hydrogens is 304 g/mol. The van der Waals surface area contributed by atoms with Crippen molar-refractivity contribution in [3.8, 4) is 0 Å². The fourth-order valence-electron chi connectivity index (χ4n) is 2.59. The molecular formula is C19H18N2O3. The van der Waals surface area contributed by atoms with Gasteiger partial charge < -0.3 is 4.84 Å². The molecule has 0 bridgehead atoms. The summed E-state index contributed by atoms with van der Waals surface area (Å²) in [4.78, 5) is 31.1. The van der Waals surface area contributed by atoms with Crippen LogP contribution in [-0.2, 0) is 14.4 Å². The van der Waals surface area contributed by atoms with Gasteiger partial charge in [0.25, 0.3) is 5.91 Å². The average Bonchev–Trinajstić information content (AvgIpc) is 2.84. The van der Waals surface area contributed by atoms with Crippen LogP contribution < -0.4 is 4.90 Å². The molecule has 2 aromatic carbocycles. The Hall–Kier alpha value is -2.95. The highest BCUT2D eigenvalue weighted by Crippen LogP contribution is 2.35.